The molecule has 0 spiro atoms. The first-order chi connectivity index (χ1) is 13.2. The normalized spacial score (nSPS) is 25.1. The van der Waals surface area contributed by atoms with Gasteiger partial charge in [-0.3, -0.25) is 9.41 Å². The van der Waals surface area contributed by atoms with Gasteiger partial charge in [0, 0.05) is 24.2 Å². The van der Waals surface area contributed by atoms with Gasteiger partial charge in [0.05, 0.1) is 11.6 Å². The maximum atomic E-state index is 8.92. The number of rotatable bonds is 7. The van der Waals surface area contributed by atoms with Gasteiger partial charge in [-0.25, -0.2) is 0 Å². The molecular weight excluding hydrogens is 354 g/mol. The Kier molecular flexibility index (Phi) is 7.35. The van der Waals surface area contributed by atoms with E-state index in [0.29, 0.717) is 5.56 Å². The molecule has 1 heterocycles. The van der Waals surface area contributed by atoms with Crippen molar-refractivity contribution >= 4 is 18.0 Å². The van der Waals surface area contributed by atoms with E-state index in [-0.39, 0.29) is 6.17 Å². The van der Waals surface area contributed by atoms with Crippen LogP contribution in [0.3, 0.4) is 0 Å². The molecule has 0 bridgehead atoms. The van der Waals surface area contributed by atoms with Crippen molar-refractivity contribution in [2.24, 2.45) is 16.8 Å². The molecule has 0 N–H and O–H groups in total. The number of nitriles is 1. The molecule has 3 rings (SSSR count). The van der Waals surface area contributed by atoms with E-state index in [1.165, 1.54) is 56.9 Å². The van der Waals surface area contributed by atoms with E-state index in [1.807, 2.05) is 36.7 Å². The lowest BCUT2D eigenvalue weighted by Crippen LogP contribution is -2.18. The minimum atomic E-state index is -0.211. The lowest BCUT2D eigenvalue weighted by Gasteiger charge is -2.29. The van der Waals surface area contributed by atoms with Crippen LogP contribution in [0.15, 0.2) is 41.0 Å². The summed E-state index contributed by atoms with van der Waals surface area (Å²) in [7, 11) is 0. The van der Waals surface area contributed by atoms with Crippen LogP contribution >= 0.6 is 11.8 Å². The van der Waals surface area contributed by atoms with Gasteiger partial charge in [0.25, 0.3) is 0 Å². The quantitative estimate of drug-likeness (QED) is 0.488. The summed E-state index contributed by atoms with van der Waals surface area (Å²) in [5, 5.41) is 8.92. The van der Waals surface area contributed by atoms with Gasteiger partial charge in [-0.05, 0) is 47.9 Å². The van der Waals surface area contributed by atoms with Gasteiger partial charge < -0.3 is 0 Å². The van der Waals surface area contributed by atoms with Gasteiger partial charge in [-0.2, -0.15) is 5.26 Å². The molecule has 0 radical (unpaired) electrons. The summed E-state index contributed by atoms with van der Waals surface area (Å²) in [6.07, 6.45) is 15.8. The van der Waals surface area contributed by atoms with Gasteiger partial charge in [0.15, 0.2) is 6.17 Å². The molecule has 1 aliphatic carbocycles. The molecule has 1 unspecified atom stereocenters. The first-order valence-corrected chi connectivity index (χ1v) is 10.7. The SMILES string of the molecule is CCCC[C@H]1CC[C@H](CCC2=CN(Cl)C(c3ccc(C#N)cc3)N=C2)CC1. The average molecular weight is 384 g/mol. The molecule has 0 amide bonds. The predicted molar refractivity (Wildman–Crippen MR) is 112 cm³/mol. The van der Waals surface area contributed by atoms with Crippen molar-refractivity contribution in [3.05, 3.63) is 47.2 Å². The number of unbranched alkanes of at least 4 members (excludes halogenated alkanes) is 1. The monoisotopic (exact) mass is 383 g/mol. The third-order valence-corrected chi connectivity index (χ3v) is 6.30. The zero-order chi connectivity index (χ0) is 19.1. The number of benzene rings is 1. The van der Waals surface area contributed by atoms with Crippen LogP contribution in [0.5, 0.6) is 0 Å². The van der Waals surface area contributed by atoms with Crippen LogP contribution in [0.4, 0.5) is 0 Å². The van der Waals surface area contributed by atoms with Gasteiger partial charge in [0.2, 0.25) is 0 Å². The molecule has 1 saturated carbocycles. The van der Waals surface area contributed by atoms with Crippen molar-refractivity contribution in [2.75, 3.05) is 0 Å². The minimum absolute atomic E-state index is 0.211. The fourth-order valence-electron chi connectivity index (χ4n) is 4.25. The number of allylic oxidation sites excluding steroid dienone is 1. The molecule has 1 aromatic carbocycles. The Bertz CT molecular complexity index is 693. The summed E-state index contributed by atoms with van der Waals surface area (Å²) < 4.78 is 1.67. The molecule has 0 saturated heterocycles. The molecule has 0 aromatic heterocycles. The lowest BCUT2D eigenvalue weighted by molar-refractivity contribution is 0.250. The smallest absolute Gasteiger partial charge is 0.161 e. The molecule has 27 heavy (non-hydrogen) atoms. The summed E-state index contributed by atoms with van der Waals surface area (Å²) in [6.45, 7) is 2.29. The Morgan fingerprint density at radius 1 is 1.11 bits per heavy atom. The zero-order valence-electron chi connectivity index (χ0n) is 16.3. The number of nitrogens with zero attached hydrogens (tertiary/aromatic N) is 3. The molecular formula is C23H30ClN3. The van der Waals surface area contributed by atoms with Gasteiger partial charge in [-0.1, -0.05) is 64.0 Å². The van der Waals surface area contributed by atoms with Gasteiger partial charge >= 0.3 is 0 Å². The molecule has 1 aliphatic heterocycles. The highest BCUT2D eigenvalue weighted by atomic mass is 35.5. The van der Waals surface area contributed by atoms with E-state index in [1.54, 1.807) is 4.42 Å². The van der Waals surface area contributed by atoms with Crippen LogP contribution in [0, 0.1) is 23.2 Å². The largest absolute Gasteiger partial charge is 0.264 e. The Hall–Kier alpha value is -1.79. The number of aliphatic imine (C=N–C) groups is 1. The van der Waals surface area contributed by atoms with E-state index < -0.39 is 0 Å². The van der Waals surface area contributed by atoms with Crippen molar-refractivity contribution in [1.82, 2.24) is 4.42 Å². The summed E-state index contributed by atoms with van der Waals surface area (Å²) in [5.41, 5.74) is 2.87. The van der Waals surface area contributed by atoms with Crippen LogP contribution < -0.4 is 0 Å². The fourth-order valence-corrected chi connectivity index (χ4v) is 4.54. The van der Waals surface area contributed by atoms with Crippen molar-refractivity contribution in [1.29, 1.82) is 5.26 Å². The maximum absolute atomic E-state index is 8.92. The summed E-state index contributed by atoms with van der Waals surface area (Å²) >= 11 is 6.45. The first kappa shape index (κ1) is 20.0. The Balaban J connectivity index is 1.46. The van der Waals surface area contributed by atoms with E-state index >= 15 is 0 Å². The second kappa shape index (κ2) is 9.95. The van der Waals surface area contributed by atoms with Crippen molar-refractivity contribution in [3.63, 3.8) is 0 Å². The Labute approximate surface area is 168 Å². The minimum Gasteiger partial charge on any atom is -0.264 e. The summed E-state index contributed by atoms with van der Waals surface area (Å²) in [4.78, 5) is 4.64. The number of halogens is 1. The molecule has 3 nitrogen and oxygen atoms in total. The van der Waals surface area contributed by atoms with Crippen molar-refractivity contribution in [2.45, 2.75) is 70.9 Å². The topological polar surface area (TPSA) is 39.4 Å². The molecule has 144 valence electrons. The standard InChI is InChI=1S/C23H30ClN3/c1-2-3-4-18-5-7-19(8-6-18)9-10-21-16-26-23(27(24)17-21)22-13-11-20(15-25)12-14-22/h11-14,16-19,23H,2-10H2,1H3/t18-,19-,23?. The summed E-state index contributed by atoms with van der Waals surface area (Å²) in [6, 6.07) is 9.61. The highest BCUT2D eigenvalue weighted by Gasteiger charge is 2.22. The molecule has 1 aromatic rings. The first-order valence-electron chi connectivity index (χ1n) is 10.4. The number of hydrogen-bond acceptors (Lipinski definition) is 3. The van der Waals surface area contributed by atoms with Crippen LogP contribution in [-0.4, -0.2) is 10.6 Å². The second-order valence-corrected chi connectivity index (χ2v) is 8.39. The van der Waals surface area contributed by atoms with Gasteiger partial charge in [-0.15, -0.1) is 0 Å². The lowest BCUT2D eigenvalue weighted by atomic mass is 9.78. The average Bonchev–Trinajstić information content (AvgIpc) is 2.72. The zero-order valence-corrected chi connectivity index (χ0v) is 17.0. The third-order valence-electron chi connectivity index (χ3n) is 6.02. The molecule has 1 fully saturated rings. The highest BCUT2D eigenvalue weighted by molar-refractivity contribution is 6.14. The Morgan fingerprint density at radius 3 is 2.37 bits per heavy atom. The highest BCUT2D eigenvalue weighted by Crippen LogP contribution is 2.35. The number of hydrogen-bond donors (Lipinski definition) is 0. The van der Waals surface area contributed by atoms with Crippen LogP contribution in [0.25, 0.3) is 0 Å². The fraction of sp³-hybridized carbons (Fsp3) is 0.565. The van der Waals surface area contributed by atoms with Crippen LogP contribution in [-0.2, 0) is 0 Å². The molecule has 4 heteroatoms. The van der Waals surface area contributed by atoms with Crippen molar-refractivity contribution in [3.8, 4) is 6.07 Å². The van der Waals surface area contributed by atoms with Crippen molar-refractivity contribution < 1.29 is 0 Å². The van der Waals surface area contributed by atoms with E-state index in [9.17, 15) is 0 Å². The van der Waals surface area contributed by atoms with Gasteiger partial charge in [0.1, 0.15) is 0 Å². The molecule has 1 atom stereocenters. The van der Waals surface area contributed by atoms with E-state index in [0.717, 1.165) is 23.8 Å². The second-order valence-electron chi connectivity index (χ2n) is 8.00. The van der Waals surface area contributed by atoms with E-state index in [4.69, 9.17) is 17.0 Å². The van der Waals surface area contributed by atoms with E-state index in [2.05, 4.69) is 18.0 Å². The third kappa shape index (κ3) is 5.59. The summed E-state index contributed by atoms with van der Waals surface area (Å²) in [5.74, 6) is 1.83. The Morgan fingerprint density at radius 2 is 1.78 bits per heavy atom. The maximum Gasteiger partial charge on any atom is 0.161 e. The van der Waals surface area contributed by atoms with Crippen LogP contribution in [0.1, 0.15) is 82.0 Å². The van der Waals surface area contributed by atoms with Crippen LogP contribution in [0.2, 0.25) is 0 Å². The predicted octanol–water partition coefficient (Wildman–Crippen LogP) is 6.76. The molecule has 2 aliphatic rings.